The van der Waals surface area contributed by atoms with Gasteiger partial charge in [0, 0.05) is 61.4 Å². The second-order valence-corrected chi connectivity index (χ2v) is 7.34. The number of nitrogens with zero attached hydrogens (tertiary/aromatic N) is 6. The van der Waals surface area contributed by atoms with Crippen molar-refractivity contribution in [1.29, 1.82) is 0 Å². The number of hydrogen-bond donors (Lipinski definition) is 0. The van der Waals surface area contributed by atoms with E-state index in [1.807, 2.05) is 25.3 Å². The van der Waals surface area contributed by atoms with Crippen LogP contribution in [0.25, 0.3) is 11.4 Å². The minimum absolute atomic E-state index is 0.0411. The van der Waals surface area contributed by atoms with Gasteiger partial charge in [-0.25, -0.2) is 15.0 Å². The SMILES string of the molecule is CCc1nccn1C1CCCN(c2cc(C)nc(-c3cccc([N+](=O)[O-])c3)n2)C1. The molecule has 3 heterocycles. The fourth-order valence-corrected chi connectivity index (χ4v) is 3.94. The Balaban J connectivity index is 1.63. The van der Waals surface area contributed by atoms with Gasteiger partial charge in [0.2, 0.25) is 0 Å². The maximum Gasteiger partial charge on any atom is 0.270 e. The van der Waals surface area contributed by atoms with Gasteiger partial charge >= 0.3 is 0 Å². The molecule has 150 valence electrons. The molecule has 29 heavy (non-hydrogen) atoms. The molecule has 1 atom stereocenters. The predicted octanol–water partition coefficient (Wildman–Crippen LogP) is 3.96. The zero-order chi connectivity index (χ0) is 20.4. The average molecular weight is 392 g/mol. The van der Waals surface area contributed by atoms with E-state index in [2.05, 4.69) is 32.6 Å². The second kappa shape index (κ2) is 7.98. The van der Waals surface area contributed by atoms with E-state index in [9.17, 15) is 10.1 Å². The number of benzene rings is 1. The molecular weight excluding hydrogens is 368 g/mol. The van der Waals surface area contributed by atoms with Gasteiger partial charge in [0.1, 0.15) is 11.6 Å². The molecular formula is C21H24N6O2. The monoisotopic (exact) mass is 392 g/mol. The summed E-state index contributed by atoms with van der Waals surface area (Å²) in [7, 11) is 0. The molecule has 3 aromatic rings. The number of hydrogen-bond acceptors (Lipinski definition) is 6. The fraction of sp³-hybridized carbons (Fsp3) is 0.381. The molecule has 0 spiro atoms. The van der Waals surface area contributed by atoms with Crippen LogP contribution in [0.15, 0.2) is 42.7 Å². The fourth-order valence-electron chi connectivity index (χ4n) is 3.94. The summed E-state index contributed by atoms with van der Waals surface area (Å²) in [6.45, 7) is 5.84. The first-order valence-electron chi connectivity index (χ1n) is 9.92. The maximum absolute atomic E-state index is 11.1. The third-order valence-corrected chi connectivity index (χ3v) is 5.33. The van der Waals surface area contributed by atoms with E-state index in [-0.39, 0.29) is 5.69 Å². The van der Waals surface area contributed by atoms with E-state index >= 15 is 0 Å². The first kappa shape index (κ1) is 19.0. The molecule has 1 saturated heterocycles. The molecule has 0 N–H and O–H groups in total. The zero-order valence-electron chi connectivity index (χ0n) is 16.7. The van der Waals surface area contributed by atoms with Gasteiger partial charge in [0.15, 0.2) is 5.82 Å². The summed E-state index contributed by atoms with van der Waals surface area (Å²) in [5.41, 5.74) is 1.54. The Hall–Kier alpha value is -3.29. The Morgan fingerprint density at radius 3 is 2.93 bits per heavy atom. The maximum atomic E-state index is 11.1. The molecule has 1 unspecified atom stereocenters. The van der Waals surface area contributed by atoms with Gasteiger partial charge in [0.25, 0.3) is 5.69 Å². The number of piperidine rings is 1. The summed E-state index contributed by atoms with van der Waals surface area (Å²) in [5, 5.41) is 11.1. The van der Waals surface area contributed by atoms with Crippen LogP contribution in [0.2, 0.25) is 0 Å². The van der Waals surface area contributed by atoms with Crippen molar-refractivity contribution in [3.05, 3.63) is 64.4 Å². The first-order valence-corrected chi connectivity index (χ1v) is 9.92. The van der Waals surface area contributed by atoms with Gasteiger partial charge in [-0.2, -0.15) is 0 Å². The van der Waals surface area contributed by atoms with E-state index in [1.54, 1.807) is 6.07 Å². The van der Waals surface area contributed by atoms with Crippen molar-refractivity contribution in [3.8, 4) is 11.4 Å². The van der Waals surface area contributed by atoms with E-state index < -0.39 is 4.92 Å². The van der Waals surface area contributed by atoms with Crippen molar-refractivity contribution < 1.29 is 4.92 Å². The highest BCUT2D eigenvalue weighted by atomic mass is 16.6. The van der Waals surface area contributed by atoms with Crippen LogP contribution in [0.3, 0.4) is 0 Å². The van der Waals surface area contributed by atoms with E-state index in [4.69, 9.17) is 4.98 Å². The molecule has 1 aliphatic heterocycles. The van der Waals surface area contributed by atoms with Gasteiger partial charge in [0.05, 0.1) is 11.0 Å². The van der Waals surface area contributed by atoms with E-state index in [0.717, 1.165) is 49.7 Å². The van der Waals surface area contributed by atoms with Gasteiger partial charge in [-0.15, -0.1) is 0 Å². The number of rotatable bonds is 5. The number of nitro groups is 1. The van der Waals surface area contributed by atoms with Crippen LogP contribution in [0.1, 0.15) is 37.3 Å². The van der Waals surface area contributed by atoms with Crippen molar-refractivity contribution in [3.63, 3.8) is 0 Å². The normalized spacial score (nSPS) is 16.8. The Bertz CT molecular complexity index is 1030. The average Bonchev–Trinajstić information content (AvgIpc) is 3.22. The molecule has 8 heteroatoms. The van der Waals surface area contributed by atoms with Crippen LogP contribution in [0, 0.1) is 17.0 Å². The third-order valence-electron chi connectivity index (χ3n) is 5.33. The number of aromatic nitrogens is 4. The lowest BCUT2D eigenvalue weighted by atomic mass is 10.1. The summed E-state index contributed by atoms with van der Waals surface area (Å²) in [4.78, 5) is 26.7. The lowest BCUT2D eigenvalue weighted by Crippen LogP contribution is -2.37. The van der Waals surface area contributed by atoms with Crippen LogP contribution >= 0.6 is 0 Å². The van der Waals surface area contributed by atoms with Crippen LogP contribution in [0.5, 0.6) is 0 Å². The van der Waals surface area contributed by atoms with Gasteiger partial charge in [-0.3, -0.25) is 10.1 Å². The van der Waals surface area contributed by atoms with Crippen molar-refractivity contribution in [2.75, 3.05) is 18.0 Å². The number of anilines is 1. The second-order valence-electron chi connectivity index (χ2n) is 7.34. The minimum Gasteiger partial charge on any atom is -0.354 e. The summed E-state index contributed by atoms with van der Waals surface area (Å²) >= 11 is 0. The Kier molecular flexibility index (Phi) is 5.24. The molecule has 0 bridgehead atoms. The summed E-state index contributed by atoms with van der Waals surface area (Å²) in [6.07, 6.45) is 7.02. The number of aryl methyl sites for hydroxylation is 2. The summed E-state index contributed by atoms with van der Waals surface area (Å²) < 4.78 is 2.28. The van der Waals surface area contributed by atoms with Crippen molar-refractivity contribution in [1.82, 2.24) is 19.5 Å². The number of imidazole rings is 1. The highest BCUT2D eigenvalue weighted by molar-refractivity contribution is 5.61. The molecule has 1 aliphatic rings. The predicted molar refractivity (Wildman–Crippen MR) is 111 cm³/mol. The van der Waals surface area contributed by atoms with Gasteiger partial charge in [-0.1, -0.05) is 19.1 Å². The molecule has 0 aliphatic carbocycles. The molecule has 0 radical (unpaired) electrons. The largest absolute Gasteiger partial charge is 0.354 e. The Labute approximate surface area is 169 Å². The van der Waals surface area contributed by atoms with Gasteiger partial charge in [-0.05, 0) is 19.8 Å². The lowest BCUT2D eigenvalue weighted by Gasteiger charge is -2.35. The highest BCUT2D eigenvalue weighted by Gasteiger charge is 2.24. The van der Waals surface area contributed by atoms with E-state index in [1.165, 1.54) is 12.1 Å². The molecule has 8 nitrogen and oxygen atoms in total. The third kappa shape index (κ3) is 3.96. The molecule has 1 aromatic carbocycles. The standard InChI is InChI=1S/C21H24N6O2/c1-3-19-22-9-11-26(19)18-8-5-10-25(14-18)20-12-15(2)23-21(24-20)16-6-4-7-17(13-16)27(28)29/h4,6-7,9,11-13,18H,3,5,8,10,14H2,1-2H3. The number of nitro benzene ring substituents is 1. The van der Waals surface area contributed by atoms with Crippen LogP contribution < -0.4 is 4.90 Å². The zero-order valence-corrected chi connectivity index (χ0v) is 16.7. The van der Waals surface area contributed by atoms with E-state index in [0.29, 0.717) is 17.4 Å². The van der Waals surface area contributed by atoms with Crippen molar-refractivity contribution in [2.45, 2.75) is 39.2 Å². The van der Waals surface area contributed by atoms with Crippen LogP contribution in [-0.2, 0) is 6.42 Å². The summed E-state index contributed by atoms with van der Waals surface area (Å²) in [6, 6.07) is 8.82. The number of non-ortho nitro benzene ring substituents is 1. The smallest absolute Gasteiger partial charge is 0.270 e. The van der Waals surface area contributed by atoms with Crippen molar-refractivity contribution >= 4 is 11.5 Å². The minimum atomic E-state index is -0.397. The Morgan fingerprint density at radius 1 is 1.28 bits per heavy atom. The van der Waals surface area contributed by atoms with Crippen LogP contribution in [-0.4, -0.2) is 37.5 Å². The Morgan fingerprint density at radius 2 is 2.14 bits per heavy atom. The molecule has 4 rings (SSSR count). The lowest BCUT2D eigenvalue weighted by molar-refractivity contribution is -0.384. The van der Waals surface area contributed by atoms with Crippen LogP contribution in [0.4, 0.5) is 11.5 Å². The molecule has 0 amide bonds. The van der Waals surface area contributed by atoms with Gasteiger partial charge < -0.3 is 9.47 Å². The summed E-state index contributed by atoms with van der Waals surface area (Å²) in [5.74, 6) is 2.48. The molecule has 0 saturated carbocycles. The highest BCUT2D eigenvalue weighted by Crippen LogP contribution is 2.28. The van der Waals surface area contributed by atoms with Crippen molar-refractivity contribution in [2.24, 2.45) is 0 Å². The topological polar surface area (TPSA) is 90.0 Å². The molecule has 1 fully saturated rings. The quantitative estimate of drug-likeness (QED) is 0.482. The first-order chi connectivity index (χ1) is 14.0. The molecule has 2 aromatic heterocycles.